The molecule has 4 N–H and O–H groups in total. The Bertz CT molecular complexity index is 864. The van der Waals surface area contributed by atoms with Crippen LogP contribution in [0.4, 0.5) is 20.6 Å². The molecule has 0 atom stereocenters. The molecule has 1 aromatic heterocycles. The molecule has 2 rings (SSSR count). The Morgan fingerprint density at radius 2 is 1.96 bits per heavy atom. The van der Waals surface area contributed by atoms with Gasteiger partial charge >= 0.3 is 6.03 Å². The number of ether oxygens (including phenoxy) is 1. The van der Waals surface area contributed by atoms with Crippen LogP contribution in [0.3, 0.4) is 0 Å². The van der Waals surface area contributed by atoms with Crippen LogP contribution in [0, 0.1) is 5.82 Å². The molecule has 11 heteroatoms. The normalized spacial score (nSPS) is 11.0. The van der Waals surface area contributed by atoms with Crippen molar-refractivity contribution in [3.05, 3.63) is 48.5 Å². The Morgan fingerprint density at radius 3 is 2.67 bits per heavy atom. The Balaban J connectivity index is 1.88. The van der Waals surface area contributed by atoms with Gasteiger partial charge in [-0.2, -0.15) is 13.1 Å². The van der Waals surface area contributed by atoms with Gasteiger partial charge < -0.3 is 15.4 Å². The minimum atomic E-state index is -3.57. The predicted molar refractivity (Wildman–Crippen MR) is 99.4 cm³/mol. The third kappa shape index (κ3) is 7.56. The number of hydrogen-bond acceptors (Lipinski definition) is 5. The molecule has 27 heavy (non-hydrogen) atoms. The lowest BCUT2D eigenvalue weighted by Crippen LogP contribution is -2.38. The quantitative estimate of drug-likeness (QED) is 0.480. The average Bonchev–Trinajstić information content (AvgIpc) is 2.59. The largest absolute Gasteiger partial charge is 0.492 e. The molecule has 0 unspecified atom stereocenters. The molecular weight excluding hydrogens is 377 g/mol. The number of carbonyl (C=O) groups excluding carboxylic acids is 1. The molecule has 0 aliphatic carbocycles. The maximum Gasteiger partial charge on any atom is 0.323 e. The van der Waals surface area contributed by atoms with Crippen LogP contribution < -0.4 is 24.8 Å². The van der Waals surface area contributed by atoms with Crippen molar-refractivity contribution < 1.29 is 22.3 Å². The Kier molecular flexibility index (Phi) is 7.46. The van der Waals surface area contributed by atoms with Gasteiger partial charge in [0.2, 0.25) is 0 Å². The number of amides is 2. The summed E-state index contributed by atoms with van der Waals surface area (Å²) in [6, 6.07) is 6.42. The summed E-state index contributed by atoms with van der Waals surface area (Å²) in [7, 11) is -3.57. The topological polar surface area (TPSA) is 121 Å². The highest BCUT2D eigenvalue weighted by atomic mass is 32.2. The van der Waals surface area contributed by atoms with Gasteiger partial charge in [0.25, 0.3) is 10.2 Å². The van der Waals surface area contributed by atoms with E-state index in [0.717, 1.165) is 12.1 Å². The molecule has 1 heterocycles. The first kappa shape index (κ1) is 20.6. The first-order valence-electron chi connectivity index (χ1n) is 8.03. The number of rotatable bonds is 9. The summed E-state index contributed by atoms with van der Waals surface area (Å²) in [5, 5.41) is 5.03. The van der Waals surface area contributed by atoms with Gasteiger partial charge in [-0.05, 0) is 18.2 Å². The van der Waals surface area contributed by atoms with Gasteiger partial charge in [-0.3, -0.25) is 4.98 Å². The van der Waals surface area contributed by atoms with E-state index < -0.39 is 22.1 Å². The Morgan fingerprint density at radius 1 is 1.19 bits per heavy atom. The van der Waals surface area contributed by atoms with Gasteiger partial charge in [0, 0.05) is 37.1 Å². The Hall–Kier alpha value is -2.76. The van der Waals surface area contributed by atoms with E-state index >= 15 is 0 Å². The standard InChI is InChI=1S/C16H20FN5O4S/c1-2-19-27(24,25)20-6-7-26-15-9-12(17)8-14(10-15)22-16(23)21-13-4-3-5-18-11-13/h3-5,8-11,19-20H,2,6-7H2,1H3,(H2,21,22,23). The minimum absolute atomic E-state index is 0.00387. The lowest BCUT2D eigenvalue weighted by atomic mass is 10.3. The molecule has 0 aliphatic heterocycles. The fraction of sp³-hybridized carbons (Fsp3) is 0.250. The lowest BCUT2D eigenvalue weighted by Gasteiger charge is -2.11. The number of benzene rings is 1. The van der Waals surface area contributed by atoms with Crippen LogP contribution in [-0.4, -0.2) is 39.1 Å². The summed E-state index contributed by atoms with van der Waals surface area (Å²) in [5.74, 6) is -0.466. The molecule has 0 saturated carbocycles. The van der Waals surface area contributed by atoms with Crippen LogP contribution in [0.2, 0.25) is 0 Å². The zero-order valence-corrected chi connectivity index (χ0v) is 15.3. The van der Waals surface area contributed by atoms with Crippen LogP contribution >= 0.6 is 0 Å². The van der Waals surface area contributed by atoms with E-state index in [0.29, 0.717) is 5.69 Å². The van der Waals surface area contributed by atoms with Crippen LogP contribution in [0.5, 0.6) is 5.75 Å². The smallest absolute Gasteiger partial charge is 0.323 e. The van der Waals surface area contributed by atoms with Gasteiger partial charge in [-0.1, -0.05) is 6.92 Å². The molecule has 0 bridgehead atoms. The zero-order valence-electron chi connectivity index (χ0n) is 14.5. The fourth-order valence-electron chi connectivity index (χ4n) is 2.03. The summed E-state index contributed by atoms with van der Waals surface area (Å²) in [6.45, 7) is 1.89. The van der Waals surface area contributed by atoms with Crippen molar-refractivity contribution >= 4 is 27.6 Å². The molecule has 1 aromatic carbocycles. The fourth-order valence-corrected chi connectivity index (χ4v) is 2.87. The van der Waals surface area contributed by atoms with Crippen molar-refractivity contribution in [2.75, 3.05) is 30.3 Å². The van der Waals surface area contributed by atoms with Crippen molar-refractivity contribution in [3.8, 4) is 5.75 Å². The molecule has 0 fully saturated rings. The SMILES string of the molecule is CCNS(=O)(=O)NCCOc1cc(F)cc(NC(=O)Nc2cccnc2)c1. The Labute approximate surface area is 156 Å². The number of urea groups is 1. The molecule has 146 valence electrons. The first-order valence-corrected chi connectivity index (χ1v) is 9.52. The molecule has 0 spiro atoms. The van der Waals surface area contributed by atoms with E-state index in [1.807, 2.05) is 0 Å². The second-order valence-electron chi connectivity index (χ2n) is 5.24. The highest BCUT2D eigenvalue weighted by molar-refractivity contribution is 7.87. The van der Waals surface area contributed by atoms with E-state index in [2.05, 4.69) is 25.1 Å². The van der Waals surface area contributed by atoms with E-state index in [4.69, 9.17) is 4.74 Å². The van der Waals surface area contributed by atoms with Gasteiger partial charge in [-0.25, -0.2) is 13.9 Å². The van der Waals surface area contributed by atoms with Crippen molar-refractivity contribution in [2.24, 2.45) is 0 Å². The van der Waals surface area contributed by atoms with Crippen LogP contribution in [0.15, 0.2) is 42.7 Å². The number of pyridine rings is 1. The summed E-state index contributed by atoms with van der Waals surface area (Å²) >= 11 is 0. The van der Waals surface area contributed by atoms with E-state index in [-0.39, 0.29) is 31.1 Å². The number of hydrogen-bond donors (Lipinski definition) is 4. The third-order valence-corrected chi connectivity index (χ3v) is 4.30. The van der Waals surface area contributed by atoms with Crippen LogP contribution in [-0.2, 0) is 10.2 Å². The predicted octanol–water partition coefficient (Wildman–Crippen LogP) is 1.69. The second-order valence-corrected chi connectivity index (χ2v) is 6.82. The van der Waals surface area contributed by atoms with Gasteiger partial charge in [0.15, 0.2) is 0 Å². The zero-order chi connectivity index (χ0) is 19.7. The van der Waals surface area contributed by atoms with Crippen molar-refractivity contribution in [2.45, 2.75) is 6.92 Å². The summed E-state index contributed by atoms with van der Waals surface area (Å²) in [5.41, 5.74) is 0.662. The van der Waals surface area contributed by atoms with Gasteiger partial charge in [0.1, 0.15) is 18.2 Å². The van der Waals surface area contributed by atoms with Crippen LogP contribution in [0.1, 0.15) is 6.92 Å². The highest BCUT2D eigenvalue weighted by Crippen LogP contribution is 2.20. The van der Waals surface area contributed by atoms with Crippen molar-refractivity contribution in [1.82, 2.24) is 14.4 Å². The molecule has 0 aliphatic rings. The number of carbonyl (C=O) groups is 1. The number of nitrogens with zero attached hydrogens (tertiary/aromatic N) is 1. The molecule has 0 radical (unpaired) electrons. The molecule has 9 nitrogen and oxygen atoms in total. The number of anilines is 2. The number of aromatic nitrogens is 1. The van der Waals surface area contributed by atoms with Gasteiger partial charge in [0.05, 0.1) is 11.9 Å². The first-order chi connectivity index (χ1) is 12.9. The number of nitrogens with one attached hydrogen (secondary N) is 4. The van der Waals surface area contributed by atoms with E-state index in [9.17, 15) is 17.6 Å². The van der Waals surface area contributed by atoms with Crippen LogP contribution in [0.25, 0.3) is 0 Å². The monoisotopic (exact) mass is 397 g/mol. The summed E-state index contributed by atoms with van der Waals surface area (Å²) in [6.07, 6.45) is 3.03. The molecule has 2 aromatic rings. The summed E-state index contributed by atoms with van der Waals surface area (Å²) < 4.78 is 46.4. The van der Waals surface area contributed by atoms with Crippen molar-refractivity contribution in [3.63, 3.8) is 0 Å². The lowest BCUT2D eigenvalue weighted by molar-refractivity contribution is 0.262. The summed E-state index contributed by atoms with van der Waals surface area (Å²) in [4.78, 5) is 15.8. The third-order valence-electron chi connectivity index (χ3n) is 3.05. The maximum atomic E-state index is 13.7. The second kappa shape index (κ2) is 9.80. The van der Waals surface area contributed by atoms with E-state index in [1.54, 1.807) is 25.3 Å². The minimum Gasteiger partial charge on any atom is -0.492 e. The molecule has 0 saturated heterocycles. The number of halogens is 1. The molecule has 2 amide bonds. The highest BCUT2D eigenvalue weighted by Gasteiger charge is 2.08. The maximum absolute atomic E-state index is 13.7. The van der Waals surface area contributed by atoms with Gasteiger partial charge in [-0.15, -0.1) is 0 Å². The average molecular weight is 397 g/mol. The molecular formula is C16H20FN5O4S. The van der Waals surface area contributed by atoms with E-state index in [1.165, 1.54) is 12.3 Å². The van der Waals surface area contributed by atoms with Crippen molar-refractivity contribution in [1.29, 1.82) is 0 Å².